The van der Waals surface area contributed by atoms with Crippen molar-refractivity contribution >= 4 is 11.9 Å². The highest BCUT2D eigenvalue weighted by molar-refractivity contribution is 5.27. The molecule has 2 heterocycles. The van der Waals surface area contributed by atoms with E-state index in [4.69, 9.17) is 11.5 Å². The van der Waals surface area contributed by atoms with Gasteiger partial charge in [-0.25, -0.2) is 4.79 Å². The van der Waals surface area contributed by atoms with Crippen molar-refractivity contribution in [3.63, 3.8) is 0 Å². The summed E-state index contributed by atoms with van der Waals surface area (Å²) in [4.78, 5) is 36.3. The molecule has 5 N–H and O–H groups in total. The smallest absolute Gasteiger partial charge is 0.328 e. The molecule has 9 nitrogen and oxygen atoms in total. The van der Waals surface area contributed by atoms with Gasteiger partial charge in [0.2, 0.25) is 11.9 Å². The van der Waals surface area contributed by atoms with Crippen molar-refractivity contribution in [2.75, 3.05) is 11.5 Å². The van der Waals surface area contributed by atoms with E-state index >= 15 is 0 Å². The van der Waals surface area contributed by atoms with E-state index in [2.05, 4.69) is 19.9 Å². The lowest BCUT2D eigenvalue weighted by molar-refractivity contribution is 0.375. The van der Waals surface area contributed by atoms with Gasteiger partial charge in [-0.3, -0.25) is 14.3 Å². The first-order chi connectivity index (χ1) is 11.2. The number of anilines is 2. The summed E-state index contributed by atoms with van der Waals surface area (Å²) in [6.45, 7) is 13.4. The zero-order valence-corrected chi connectivity index (χ0v) is 15.8. The van der Waals surface area contributed by atoms with Crippen LogP contribution in [-0.4, -0.2) is 24.5 Å². The quantitative estimate of drug-likeness (QED) is 0.641. The molecule has 0 fully saturated rings. The lowest BCUT2D eigenvalue weighted by Crippen LogP contribution is -2.39. The van der Waals surface area contributed by atoms with E-state index in [0.29, 0.717) is 11.4 Å². The second-order valence-electron chi connectivity index (χ2n) is 7.74. The Balaban J connectivity index is 0.000000251. The van der Waals surface area contributed by atoms with Gasteiger partial charge in [-0.05, 0) is 27.7 Å². The number of nitrogens with zero attached hydrogens (tertiary/aromatic N) is 4. The van der Waals surface area contributed by atoms with Crippen LogP contribution in [0.3, 0.4) is 0 Å². The molecule has 25 heavy (non-hydrogen) atoms. The highest BCUT2D eigenvalue weighted by Crippen LogP contribution is 2.18. The van der Waals surface area contributed by atoms with Crippen LogP contribution < -0.4 is 22.7 Å². The minimum Gasteiger partial charge on any atom is -0.368 e. The first-order valence-corrected chi connectivity index (χ1v) is 7.82. The van der Waals surface area contributed by atoms with E-state index in [-0.39, 0.29) is 34.1 Å². The number of H-pyrrole nitrogens is 1. The summed E-state index contributed by atoms with van der Waals surface area (Å²) in [7, 11) is 0. The number of rotatable bonds is 0. The first-order valence-electron chi connectivity index (χ1n) is 7.82. The fourth-order valence-corrected chi connectivity index (χ4v) is 1.81. The number of aromatic amines is 1. The summed E-state index contributed by atoms with van der Waals surface area (Å²) in [5.41, 5.74) is 10.3. The standard InChI is InChI=1S/C9H14N2O2.C7H13N5/c1-6-5-11(9(2,3)4)8(13)10-7(6)12;1-7(2,3)4-10-5(8)12-6(9)11-4/h5H,1-4H3,(H,10,12,13);1-3H3,(H4,8,9,10,11,12). The Labute approximate surface area is 146 Å². The third kappa shape index (κ3) is 5.70. The highest BCUT2D eigenvalue weighted by atomic mass is 16.2. The van der Waals surface area contributed by atoms with E-state index in [1.54, 1.807) is 13.1 Å². The summed E-state index contributed by atoms with van der Waals surface area (Å²) < 4.78 is 1.52. The van der Waals surface area contributed by atoms with Gasteiger partial charge in [0.15, 0.2) is 0 Å². The van der Waals surface area contributed by atoms with Gasteiger partial charge >= 0.3 is 5.69 Å². The summed E-state index contributed by atoms with van der Waals surface area (Å²) in [6.07, 6.45) is 1.58. The van der Waals surface area contributed by atoms with Crippen LogP contribution >= 0.6 is 0 Å². The van der Waals surface area contributed by atoms with Crippen molar-refractivity contribution in [3.05, 3.63) is 38.4 Å². The molecule has 9 heteroatoms. The van der Waals surface area contributed by atoms with E-state index < -0.39 is 0 Å². The van der Waals surface area contributed by atoms with Gasteiger partial charge in [-0.15, -0.1) is 0 Å². The normalized spacial score (nSPS) is 11.6. The molecule has 0 amide bonds. The van der Waals surface area contributed by atoms with Crippen LogP contribution in [0.4, 0.5) is 11.9 Å². The molecule has 0 unspecified atom stereocenters. The molecule has 138 valence electrons. The molecular weight excluding hydrogens is 322 g/mol. The van der Waals surface area contributed by atoms with Crippen molar-refractivity contribution in [2.24, 2.45) is 0 Å². The lowest BCUT2D eigenvalue weighted by atomic mass is 9.96. The van der Waals surface area contributed by atoms with Gasteiger partial charge in [-0.1, -0.05) is 20.8 Å². The Morgan fingerprint density at radius 3 is 1.84 bits per heavy atom. The monoisotopic (exact) mass is 349 g/mol. The van der Waals surface area contributed by atoms with E-state index in [0.717, 1.165) is 0 Å². The Morgan fingerprint density at radius 2 is 1.44 bits per heavy atom. The van der Waals surface area contributed by atoms with Crippen molar-refractivity contribution in [2.45, 2.75) is 59.4 Å². The maximum absolute atomic E-state index is 11.3. The van der Waals surface area contributed by atoms with E-state index in [1.807, 2.05) is 41.5 Å². The largest absolute Gasteiger partial charge is 0.368 e. The summed E-state index contributed by atoms with van der Waals surface area (Å²) in [6, 6.07) is 0. The zero-order chi connectivity index (χ0) is 19.6. The number of aromatic nitrogens is 5. The predicted octanol–water partition coefficient (Wildman–Crippen LogP) is 0.934. The molecule has 0 saturated carbocycles. The third-order valence-corrected chi connectivity index (χ3v) is 3.18. The zero-order valence-electron chi connectivity index (χ0n) is 15.8. The number of nitrogen functional groups attached to an aromatic ring is 2. The molecule has 0 saturated heterocycles. The van der Waals surface area contributed by atoms with Crippen LogP contribution in [0.15, 0.2) is 15.8 Å². The predicted molar refractivity (Wildman–Crippen MR) is 98.4 cm³/mol. The van der Waals surface area contributed by atoms with Crippen molar-refractivity contribution in [3.8, 4) is 0 Å². The number of hydrogen-bond donors (Lipinski definition) is 3. The van der Waals surface area contributed by atoms with Gasteiger partial charge in [0.05, 0.1) is 0 Å². The average molecular weight is 349 g/mol. The SMILES string of the molecule is CC(C)(C)c1nc(N)nc(N)n1.Cc1cn(C(C)(C)C)c(=O)[nH]c1=O. The van der Waals surface area contributed by atoms with Gasteiger partial charge < -0.3 is 11.5 Å². The molecule has 0 aliphatic carbocycles. The highest BCUT2D eigenvalue weighted by Gasteiger charge is 2.18. The van der Waals surface area contributed by atoms with Crippen LogP contribution in [0.2, 0.25) is 0 Å². The molecule has 0 aliphatic rings. The molecule has 0 radical (unpaired) electrons. The van der Waals surface area contributed by atoms with Gasteiger partial charge in [0, 0.05) is 22.7 Å². The van der Waals surface area contributed by atoms with Crippen LogP contribution in [0.1, 0.15) is 52.9 Å². The van der Waals surface area contributed by atoms with Gasteiger partial charge in [0.1, 0.15) is 5.82 Å². The second kappa shape index (κ2) is 7.04. The van der Waals surface area contributed by atoms with Crippen molar-refractivity contribution in [1.29, 1.82) is 0 Å². The van der Waals surface area contributed by atoms with E-state index in [9.17, 15) is 9.59 Å². The van der Waals surface area contributed by atoms with Crippen LogP contribution in [0, 0.1) is 6.92 Å². The number of nitrogens with two attached hydrogens (primary N) is 2. The van der Waals surface area contributed by atoms with Gasteiger partial charge in [-0.2, -0.15) is 15.0 Å². The molecule has 2 aromatic rings. The Hall–Kier alpha value is -2.71. The molecule has 2 rings (SSSR count). The minimum atomic E-state index is -0.358. The molecule has 0 aromatic carbocycles. The molecule has 0 spiro atoms. The summed E-state index contributed by atoms with van der Waals surface area (Å²) in [5, 5.41) is 0. The Kier molecular flexibility index (Phi) is 5.72. The Bertz CT molecular complexity index is 834. The minimum absolute atomic E-state index is 0.148. The molecule has 0 bridgehead atoms. The van der Waals surface area contributed by atoms with Crippen molar-refractivity contribution < 1.29 is 0 Å². The first kappa shape index (κ1) is 20.3. The maximum atomic E-state index is 11.3. The Morgan fingerprint density at radius 1 is 0.960 bits per heavy atom. The second-order valence-corrected chi connectivity index (χ2v) is 7.74. The summed E-state index contributed by atoms with van der Waals surface area (Å²) in [5.74, 6) is 0.965. The third-order valence-electron chi connectivity index (χ3n) is 3.18. The topological polar surface area (TPSA) is 146 Å². The number of aryl methyl sites for hydroxylation is 1. The molecule has 0 atom stereocenters. The van der Waals surface area contributed by atoms with Crippen molar-refractivity contribution in [1.82, 2.24) is 24.5 Å². The fraction of sp³-hybridized carbons (Fsp3) is 0.562. The van der Waals surface area contributed by atoms with Gasteiger partial charge in [0.25, 0.3) is 5.56 Å². The average Bonchev–Trinajstić information content (AvgIpc) is 2.40. The van der Waals surface area contributed by atoms with Crippen LogP contribution in [0.5, 0.6) is 0 Å². The molecular formula is C16H27N7O2. The van der Waals surface area contributed by atoms with E-state index in [1.165, 1.54) is 4.57 Å². The molecule has 2 aromatic heterocycles. The summed E-state index contributed by atoms with van der Waals surface area (Å²) >= 11 is 0. The molecule has 0 aliphatic heterocycles. The van der Waals surface area contributed by atoms with Crippen LogP contribution in [0.25, 0.3) is 0 Å². The fourth-order valence-electron chi connectivity index (χ4n) is 1.81. The number of hydrogen-bond acceptors (Lipinski definition) is 7. The number of nitrogens with one attached hydrogen (secondary N) is 1. The lowest BCUT2D eigenvalue weighted by Gasteiger charge is -2.21. The van der Waals surface area contributed by atoms with Crippen LogP contribution in [-0.2, 0) is 11.0 Å². The maximum Gasteiger partial charge on any atom is 0.328 e.